The predicted molar refractivity (Wildman–Crippen MR) is 124 cm³/mol. The number of rotatable bonds is 12. The fourth-order valence-corrected chi connectivity index (χ4v) is 5.07. The molecule has 184 valence electrons. The lowest BCUT2D eigenvalue weighted by Gasteiger charge is -2.44. The maximum atomic E-state index is 14.5. The molecule has 1 aliphatic heterocycles. The van der Waals surface area contributed by atoms with Crippen molar-refractivity contribution in [1.82, 2.24) is 0 Å². The topological polar surface area (TPSA) is 55.8 Å². The first kappa shape index (κ1) is 25.8. The molecule has 1 saturated heterocycles. The molecule has 4 nitrogen and oxygen atoms in total. The molecule has 0 amide bonds. The summed E-state index contributed by atoms with van der Waals surface area (Å²) in [5, 5.41) is 10.6. The maximum Gasteiger partial charge on any atom is 0.306 e. The Balaban J connectivity index is 1.34. The molecule has 6 heteroatoms. The van der Waals surface area contributed by atoms with Crippen LogP contribution in [-0.2, 0) is 20.9 Å². The molecular weight excluding hydrogens is 426 g/mol. The number of ether oxygens (including phenoxy) is 2. The van der Waals surface area contributed by atoms with Gasteiger partial charge in [-0.05, 0) is 62.3 Å². The highest BCUT2D eigenvalue weighted by Crippen LogP contribution is 2.50. The molecule has 1 saturated carbocycles. The average Bonchev–Trinajstić information content (AvgIpc) is 3.20. The normalized spacial score (nSPS) is 27.6. The third-order valence-electron chi connectivity index (χ3n) is 7.08. The van der Waals surface area contributed by atoms with Gasteiger partial charge >= 0.3 is 11.9 Å². The van der Waals surface area contributed by atoms with Crippen molar-refractivity contribution >= 4 is 5.97 Å². The fourth-order valence-electron chi connectivity index (χ4n) is 5.07. The van der Waals surface area contributed by atoms with Gasteiger partial charge in [-0.2, -0.15) is 0 Å². The number of hydrogen-bond acceptors (Lipinski definition) is 4. The van der Waals surface area contributed by atoms with Crippen molar-refractivity contribution < 1.29 is 28.2 Å². The van der Waals surface area contributed by atoms with Crippen molar-refractivity contribution in [3.8, 4) is 0 Å². The van der Waals surface area contributed by atoms with Gasteiger partial charge in [0, 0.05) is 19.3 Å². The molecule has 2 aliphatic rings. The average molecular weight is 465 g/mol. The number of hydrogen-bond donors (Lipinski definition) is 1. The number of halogens is 2. The van der Waals surface area contributed by atoms with Gasteiger partial charge in [0.2, 0.25) is 5.79 Å². The van der Waals surface area contributed by atoms with Crippen LogP contribution in [0.4, 0.5) is 8.78 Å². The molecule has 1 aromatic carbocycles. The summed E-state index contributed by atoms with van der Waals surface area (Å²) in [6, 6.07) is 9.63. The van der Waals surface area contributed by atoms with E-state index in [1.54, 1.807) is 0 Å². The molecule has 3 rings (SSSR count). The largest absolute Gasteiger partial charge is 0.461 e. The minimum atomic E-state index is -3.20. The van der Waals surface area contributed by atoms with Crippen LogP contribution in [0.15, 0.2) is 42.5 Å². The van der Waals surface area contributed by atoms with Crippen LogP contribution in [0.2, 0.25) is 0 Å². The number of benzene rings is 1. The highest BCUT2D eigenvalue weighted by molar-refractivity contribution is 5.69. The summed E-state index contributed by atoms with van der Waals surface area (Å²) in [5.41, 5.74) is 0.982. The molecule has 0 bridgehead atoms. The molecule has 1 aliphatic carbocycles. The van der Waals surface area contributed by atoms with E-state index in [1.165, 1.54) is 0 Å². The van der Waals surface area contributed by atoms with E-state index >= 15 is 0 Å². The Morgan fingerprint density at radius 1 is 1.21 bits per heavy atom. The Labute approximate surface area is 196 Å². The molecule has 1 unspecified atom stereocenters. The molecular formula is C27H38F2O4. The number of allylic oxidation sites excluding steroid dienone is 2. The first-order chi connectivity index (χ1) is 15.8. The van der Waals surface area contributed by atoms with Gasteiger partial charge in [0.15, 0.2) is 0 Å². The zero-order valence-electron chi connectivity index (χ0n) is 19.7. The van der Waals surface area contributed by atoms with Gasteiger partial charge in [0.25, 0.3) is 0 Å². The van der Waals surface area contributed by atoms with Gasteiger partial charge in [0.1, 0.15) is 6.61 Å². The molecule has 1 aromatic rings. The van der Waals surface area contributed by atoms with Gasteiger partial charge in [-0.3, -0.25) is 4.79 Å². The minimum absolute atomic E-state index is 0.00378. The van der Waals surface area contributed by atoms with Crippen molar-refractivity contribution in [2.75, 3.05) is 0 Å². The standard InChI is InChI=1S/C27H38F2O4/c1-2-3-18-26(28,29)27(31)19-17-23-22(15-16-24(23)33-27)13-9-4-5-10-14-25(30)32-20-21-11-7-6-8-12-21/h4,6-9,11-12,22-24,31H,2-3,5,10,13-20H2,1H3/b9-4-/t22-,23?,24-,27+/m0/s1. The summed E-state index contributed by atoms with van der Waals surface area (Å²) in [6.45, 7) is 2.17. The summed E-state index contributed by atoms with van der Waals surface area (Å²) in [7, 11) is 0. The van der Waals surface area contributed by atoms with E-state index in [-0.39, 0.29) is 30.8 Å². The molecule has 0 spiro atoms. The summed E-state index contributed by atoms with van der Waals surface area (Å²) >= 11 is 0. The summed E-state index contributed by atoms with van der Waals surface area (Å²) in [4.78, 5) is 11.9. The molecule has 1 heterocycles. The fraction of sp³-hybridized carbons (Fsp3) is 0.667. The van der Waals surface area contributed by atoms with Gasteiger partial charge in [0.05, 0.1) is 6.10 Å². The predicted octanol–water partition coefficient (Wildman–Crippen LogP) is 6.57. The lowest BCUT2D eigenvalue weighted by molar-refractivity contribution is -0.356. The Bertz CT molecular complexity index is 767. The zero-order chi connectivity index (χ0) is 23.7. The first-order valence-corrected chi connectivity index (χ1v) is 12.5. The van der Waals surface area contributed by atoms with Crippen molar-refractivity contribution in [2.24, 2.45) is 11.8 Å². The Morgan fingerprint density at radius 3 is 2.76 bits per heavy atom. The van der Waals surface area contributed by atoms with Gasteiger partial charge in [-0.25, -0.2) is 8.78 Å². The van der Waals surface area contributed by atoms with Crippen LogP contribution in [0, 0.1) is 11.8 Å². The number of aliphatic hydroxyl groups is 1. The van der Waals surface area contributed by atoms with E-state index in [9.17, 15) is 18.7 Å². The van der Waals surface area contributed by atoms with Crippen molar-refractivity contribution in [1.29, 1.82) is 0 Å². The lowest BCUT2D eigenvalue weighted by Crippen LogP contribution is -2.55. The maximum absolute atomic E-state index is 14.5. The van der Waals surface area contributed by atoms with Crippen molar-refractivity contribution in [3.05, 3.63) is 48.0 Å². The second-order valence-electron chi connectivity index (χ2n) is 9.53. The van der Waals surface area contributed by atoms with Crippen molar-refractivity contribution in [2.45, 2.75) is 102 Å². The second-order valence-corrected chi connectivity index (χ2v) is 9.53. The Morgan fingerprint density at radius 2 is 2.00 bits per heavy atom. The number of carbonyl (C=O) groups excluding carboxylic acids is 1. The van der Waals surface area contributed by atoms with E-state index in [0.717, 1.165) is 37.7 Å². The van der Waals surface area contributed by atoms with E-state index in [2.05, 4.69) is 12.2 Å². The number of esters is 1. The highest BCUT2D eigenvalue weighted by atomic mass is 19.3. The summed E-state index contributed by atoms with van der Waals surface area (Å²) in [5.74, 6) is -5.08. The molecule has 0 radical (unpaired) electrons. The number of unbranched alkanes of at least 4 members (excludes halogenated alkanes) is 2. The van der Waals surface area contributed by atoms with Crippen LogP contribution >= 0.6 is 0 Å². The second kappa shape index (κ2) is 12.1. The SMILES string of the molecule is CCCCC(F)(F)[C@@]1(O)CCC2[C@@H](C/C=C\CCCC(=O)OCc3ccccc3)CC[C@@H]2O1. The number of alkyl halides is 2. The van der Waals surface area contributed by atoms with Crippen LogP contribution in [-0.4, -0.2) is 28.9 Å². The van der Waals surface area contributed by atoms with Crippen LogP contribution in [0.1, 0.15) is 83.1 Å². The molecule has 2 fully saturated rings. The van der Waals surface area contributed by atoms with Crippen LogP contribution in [0.3, 0.4) is 0 Å². The first-order valence-electron chi connectivity index (χ1n) is 12.5. The van der Waals surface area contributed by atoms with Gasteiger partial charge in [-0.1, -0.05) is 55.8 Å². The van der Waals surface area contributed by atoms with Crippen molar-refractivity contribution in [3.63, 3.8) is 0 Å². The van der Waals surface area contributed by atoms with E-state index in [0.29, 0.717) is 38.2 Å². The third-order valence-corrected chi connectivity index (χ3v) is 7.08. The Hall–Kier alpha value is -1.79. The quantitative estimate of drug-likeness (QED) is 0.216. The van der Waals surface area contributed by atoms with E-state index in [4.69, 9.17) is 9.47 Å². The number of carbonyl (C=O) groups is 1. The van der Waals surface area contributed by atoms with Crippen LogP contribution < -0.4 is 0 Å². The molecule has 0 aromatic heterocycles. The zero-order valence-corrected chi connectivity index (χ0v) is 19.7. The van der Waals surface area contributed by atoms with Crippen LogP contribution in [0.5, 0.6) is 0 Å². The minimum Gasteiger partial charge on any atom is -0.461 e. The number of fused-ring (bicyclic) bond motifs is 1. The van der Waals surface area contributed by atoms with Gasteiger partial charge < -0.3 is 14.6 Å². The third kappa shape index (κ3) is 7.10. The molecule has 4 atom stereocenters. The van der Waals surface area contributed by atoms with Crippen LogP contribution in [0.25, 0.3) is 0 Å². The summed E-state index contributed by atoms with van der Waals surface area (Å²) < 4.78 is 40.0. The van der Waals surface area contributed by atoms with Gasteiger partial charge in [-0.15, -0.1) is 0 Å². The molecule has 33 heavy (non-hydrogen) atoms. The smallest absolute Gasteiger partial charge is 0.306 e. The lowest BCUT2D eigenvalue weighted by atomic mass is 9.82. The van der Waals surface area contributed by atoms with E-state index < -0.39 is 11.7 Å². The Kier molecular flexibility index (Phi) is 9.45. The monoisotopic (exact) mass is 464 g/mol. The summed E-state index contributed by atoms with van der Waals surface area (Å²) in [6.07, 6.45) is 9.72. The molecule has 1 N–H and O–H groups in total. The highest BCUT2D eigenvalue weighted by Gasteiger charge is 2.58. The van der Waals surface area contributed by atoms with E-state index in [1.807, 2.05) is 37.3 Å².